The minimum Gasteiger partial charge on any atom is -0.380 e. The molecule has 2 heterocycles. The van der Waals surface area contributed by atoms with Gasteiger partial charge < -0.3 is 10.8 Å². The number of H-pyrrole nitrogens is 1. The Morgan fingerprint density at radius 1 is 1.27 bits per heavy atom. The molecule has 0 amide bonds. The average molecular weight is 462 g/mol. The molecule has 0 aliphatic heterocycles. The van der Waals surface area contributed by atoms with Gasteiger partial charge in [0, 0.05) is 24.4 Å². The van der Waals surface area contributed by atoms with Gasteiger partial charge in [0.25, 0.3) is 0 Å². The Balaban J connectivity index is 1.56. The molecule has 1 saturated carbocycles. The third-order valence-corrected chi connectivity index (χ3v) is 6.81. The number of pyridine rings is 1. The number of aliphatic hydroxyl groups is 1. The van der Waals surface area contributed by atoms with E-state index in [-0.39, 0.29) is 15.7 Å². The van der Waals surface area contributed by atoms with Gasteiger partial charge in [-0.05, 0) is 30.3 Å². The molecule has 0 radical (unpaired) electrons. The number of nitrogens with zero attached hydrogens (tertiary/aromatic N) is 2. The van der Waals surface area contributed by atoms with Crippen LogP contribution in [-0.4, -0.2) is 46.5 Å². The van der Waals surface area contributed by atoms with Crippen LogP contribution in [0.1, 0.15) is 12.8 Å². The van der Waals surface area contributed by atoms with Crippen molar-refractivity contribution in [3.05, 3.63) is 35.4 Å². The molecule has 30 heavy (non-hydrogen) atoms. The summed E-state index contributed by atoms with van der Waals surface area (Å²) < 4.78 is 65.3. The first kappa shape index (κ1) is 20.8. The fourth-order valence-electron chi connectivity index (χ4n) is 3.30. The monoisotopic (exact) mass is 461 g/mol. The molecular formula is C17H15ClF3N5O3S. The maximum atomic E-state index is 12.7. The van der Waals surface area contributed by atoms with E-state index in [1.165, 1.54) is 18.2 Å². The number of benzene rings is 1. The number of hydrogen-bond donors (Lipinski definition) is 4. The van der Waals surface area contributed by atoms with Crippen LogP contribution >= 0.6 is 11.6 Å². The summed E-state index contributed by atoms with van der Waals surface area (Å²) in [5.74, 6) is 0.200. The van der Waals surface area contributed by atoms with E-state index >= 15 is 0 Å². The highest BCUT2D eigenvalue weighted by Crippen LogP contribution is 2.45. The number of nitrogens with one attached hydrogen (secondary N) is 2. The van der Waals surface area contributed by atoms with Gasteiger partial charge in [0.1, 0.15) is 5.52 Å². The Kier molecular flexibility index (Phi) is 4.73. The van der Waals surface area contributed by atoms with Crippen LogP contribution < -0.4 is 10.5 Å². The van der Waals surface area contributed by atoms with Gasteiger partial charge in [-0.25, -0.2) is 18.1 Å². The van der Waals surface area contributed by atoms with Crippen molar-refractivity contribution in [3.63, 3.8) is 0 Å². The first-order valence-corrected chi connectivity index (χ1v) is 10.5. The zero-order chi connectivity index (χ0) is 21.9. The average Bonchev–Trinajstić information content (AvgIpc) is 2.99. The molecule has 0 bridgehead atoms. The maximum absolute atomic E-state index is 12.7. The van der Waals surface area contributed by atoms with Crippen molar-refractivity contribution in [1.29, 1.82) is 0 Å². The second kappa shape index (κ2) is 6.80. The summed E-state index contributed by atoms with van der Waals surface area (Å²) in [7, 11) is -4.14. The maximum Gasteiger partial charge on any atom is 0.417 e. The number of aromatic nitrogens is 3. The number of fused-ring (bicyclic) bond motifs is 1. The molecule has 5 N–H and O–H groups in total. The zero-order valence-electron chi connectivity index (χ0n) is 15.0. The van der Waals surface area contributed by atoms with Crippen molar-refractivity contribution in [2.24, 2.45) is 0 Å². The minimum atomic E-state index is -4.81. The van der Waals surface area contributed by atoms with Crippen LogP contribution in [0.3, 0.4) is 0 Å². The van der Waals surface area contributed by atoms with E-state index in [4.69, 9.17) is 17.3 Å². The minimum absolute atomic E-state index is 0.0761. The lowest BCUT2D eigenvalue weighted by Gasteiger charge is -2.44. The lowest BCUT2D eigenvalue weighted by molar-refractivity contribution is -0.290. The molecule has 8 nitrogen and oxygen atoms in total. The second-order valence-corrected chi connectivity index (χ2v) is 9.22. The van der Waals surface area contributed by atoms with Crippen LogP contribution in [0.4, 0.5) is 19.0 Å². The van der Waals surface area contributed by atoms with Gasteiger partial charge in [-0.2, -0.15) is 18.3 Å². The van der Waals surface area contributed by atoms with Crippen molar-refractivity contribution in [3.8, 4) is 11.3 Å². The highest BCUT2D eigenvalue weighted by Gasteiger charge is 2.61. The van der Waals surface area contributed by atoms with E-state index in [0.29, 0.717) is 22.3 Å². The molecule has 0 unspecified atom stereocenters. The standard InChI is InChI=1S/C17H15ClF3N5O3S/c18-11-5-9(30(28,29)26-8-6-16(27,7-8)17(19,20)21)1-2-10(11)12-3-4-13-14(23-12)15(22)25-24-13/h1-5,8,26-27H,6-7H2,(H3,22,24,25)/t8-,16+. The summed E-state index contributed by atoms with van der Waals surface area (Å²) in [5, 5.41) is 16.1. The molecule has 1 aliphatic rings. The van der Waals surface area contributed by atoms with Crippen molar-refractivity contribution in [1.82, 2.24) is 19.9 Å². The third kappa shape index (κ3) is 3.49. The van der Waals surface area contributed by atoms with E-state index in [1.54, 1.807) is 12.1 Å². The van der Waals surface area contributed by atoms with Crippen molar-refractivity contribution in [2.45, 2.75) is 35.6 Å². The largest absolute Gasteiger partial charge is 0.417 e. The van der Waals surface area contributed by atoms with Crippen LogP contribution in [-0.2, 0) is 10.0 Å². The molecule has 3 aromatic rings. The number of nitrogens with two attached hydrogens (primary N) is 1. The van der Waals surface area contributed by atoms with E-state index < -0.39 is 40.7 Å². The molecule has 0 spiro atoms. The van der Waals surface area contributed by atoms with Crippen LogP contribution in [0.5, 0.6) is 0 Å². The van der Waals surface area contributed by atoms with Crippen LogP contribution in [0.25, 0.3) is 22.3 Å². The Hall–Kier alpha value is -2.41. The molecule has 1 fully saturated rings. The number of aromatic amines is 1. The smallest absolute Gasteiger partial charge is 0.380 e. The Morgan fingerprint density at radius 3 is 2.60 bits per heavy atom. The predicted molar refractivity (Wildman–Crippen MR) is 103 cm³/mol. The SMILES string of the molecule is Nc1n[nH]c2ccc(-c3ccc(S(=O)(=O)N[C@H]4C[C@](O)(C(F)(F)F)C4)cc3Cl)nc12. The second-order valence-electron chi connectivity index (χ2n) is 7.10. The molecule has 0 saturated heterocycles. The van der Waals surface area contributed by atoms with Gasteiger partial charge in [0.2, 0.25) is 10.0 Å². The molecule has 1 aliphatic carbocycles. The van der Waals surface area contributed by atoms with Gasteiger partial charge >= 0.3 is 6.18 Å². The highest BCUT2D eigenvalue weighted by atomic mass is 35.5. The fourth-order valence-corrected chi connectivity index (χ4v) is 4.90. The lowest BCUT2D eigenvalue weighted by Crippen LogP contribution is -2.62. The number of alkyl halides is 3. The van der Waals surface area contributed by atoms with Crippen LogP contribution in [0.2, 0.25) is 5.02 Å². The number of anilines is 1. The Bertz CT molecular complexity index is 1240. The summed E-state index contributed by atoms with van der Waals surface area (Å²) in [6, 6.07) is 6.20. The topological polar surface area (TPSA) is 134 Å². The molecule has 13 heteroatoms. The van der Waals surface area contributed by atoms with E-state index in [1.807, 2.05) is 0 Å². The Labute approximate surface area is 173 Å². The highest BCUT2D eigenvalue weighted by molar-refractivity contribution is 7.89. The summed E-state index contributed by atoms with van der Waals surface area (Å²) in [6.07, 6.45) is -6.32. The number of nitrogen functional groups attached to an aromatic ring is 1. The van der Waals surface area contributed by atoms with Gasteiger partial charge in [-0.15, -0.1) is 0 Å². The third-order valence-electron chi connectivity index (χ3n) is 4.98. The number of sulfonamides is 1. The normalized spacial score (nSPS) is 22.2. The van der Waals surface area contributed by atoms with Gasteiger partial charge in [-0.3, -0.25) is 5.10 Å². The van der Waals surface area contributed by atoms with E-state index in [2.05, 4.69) is 19.9 Å². The van der Waals surface area contributed by atoms with Crippen LogP contribution in [0.15, 0.2) is 35.2 Å². The predicted octanol–water partition coefficient (Wildman–Crippen LogP) is 2.59. The van der Waals surface area contributed by atoms with E-state index in [0.717, 1.165) is 0 Å². The number of hydrogen-bond acceptors (Lipinski definition) is 6. The number of rotatable bonds is 4. The molecule has 1 aromatic carbocycles. The summed E-state index contributed by atoms with van der Waals surface area (Å²) in [6.45, 7) is 0. The van der Waals surface area contributed by atoms with Crippen molar-refractivity contribution < 1.29 is 26.7 Å². The van der Waals surface area contributed by atoms with Crippen molar-refractivity contribution >= 4 is 38.5 Å². The first-order chi connectivity index (χ1) is 13.9. The van der Waals surface area contributed by atoms with Gasteiger partial charge in [0.15, 0.2) is 11.4 Å². The first-order valence-electron chi connectivity index (χ1n) is 8.62. The quantitative estimate of drug-likeness (QED) is 0.472. The summed E-state index contributed by atoms with van der Waals surface area (Å²) in [4.78, 5) is 4.15. The van der Waals surface area contributed by atoms with E-state index in [9.17, 15) is 26.7 Å². The summed E-state index contributed by atoms with van der Waals surface area (Å²) >= 11 is 6.25. The molecule has 4 rings (SSSR count). The molecular weight excluding hydrogens is 447 g/mol. The molecule has 2 aromatic heterocycles. The van der Waals surface area contributed by atoms with Gasteiger partial charge in [-0.1, -0.05) is 11.6 Å². The number of halogens is 4. The molecule has 0 atom stereocenters. The van der Waals surface area contributed by atoms with Crippen LogP contribution in [0, 0.1) is 0 Å². The lowest BCUT2D eigenvalue weighted by atomic mass is 9.76. The zero-order valence-corrected chi connectivity index (χ0v) is 16.6. The summed E-state index contributed by atoms with van der Waals surface area (Å²) in [5.41, 5.74) is 4.80. The van der Waals surface area contributed by atoms with Crippen molar-refractivity contribution in [2.75, 3.05) is 5.73 Å². The van der Waals surface area contributed by atoms with Gasteiger partial charge in [0.05, 0.1) is 21.1 Å². The molecule has 160 valence electrons. The fraction of sp³-hybridized carbons (Fsp3) is 0.294. The Morgan fingerprint density at radius 2 is 1.97 bits per heavy atom.